The van der Waals surface area contributed by atoms with Gasteiger partial charge < -0.3 is 5.11 Å². The molecule has 0 saturated heterocycles. The van der Waals surface area contributed by atoms with Crippen LogP contribution >= 0.6 is 11.6 Å². The second kappa shape index (κ2) is 5.81. The average molecular weight is 315 g/mol. The number of carboxylic acid groups (broad SMARTS) is 1. The minimum absolute atomic E-state index is 0.262. The molecule has 0 unspecified atom stereocenters. The van der Waals surface area contributed by atoms with Crippen molar-refractivity contribution in [2.45, 2.75) is 19.8 Å². The summed E-state index contributed by atoms with van der Waals surface area (Å²) < 4.78 is 1.61. The number of halogens is 1. The lowest BCUT2D eigenvalue weighted by Crippen LogP contribution is -2.10. The summed E-state index contributed by atoms with van der Waals surface area (Å²) in [5, 5.41) is 10.2. The normalized spacial score (nSPS) is 11.0. The van der Waals surface area contributed by atoms with E-state index >= 15 is 0 Å². The Morgan fingerprint density at radius 1 is 1.23 bits per heavy atom. The Bertz CT molecular complexity index is 855. The number of carbonyl (C=O) groups is 1. The molecule has 0 saturated carbocycles. The fraction of sp³-hybridized carbons (Fsp3) is 0.176. The van der Waals surface area contributed by atoms with E-state index in [1.807, 2.05) is 37.3 Å². The molecule has 0 radical (unpaired) electrons. The second-order valence-electron chi connectivity index (χ2n) is 5.26. The Kier molecular flexibility index (Phi) is 3.86. The minimum Gasteiger partial charge on any atom is -0.477 e. The number of hydrogen-bond donors (Lipinski definition) is 1. The van der Waals surface area contributed by atoms with Crippen LogP contribution in [-0.4, -0.2) is 20.5 Å². The van der Waals surface area contributed by atoms with E-state index in [0.29, 0.717) is 18.5 Å². The topological polar surface area (TPSA) is 54.6 Å². The average Bonchev–Trinajstić information content (AvgIpc) is 2.93. The molecular formula is C17H15ClN2O2. The number of fused-ring (bicyclic) bond motifs is 1. The van der Waals surface area contributed by atoms with Crippen LogP contribution in [0.3, 0.4) is 0 Å². The first-order valence-corrected chi connectivity index (χ1v) is 7.37. The molecule has 3 rings (SSSR count). The van der Waals surface area contributed by atoms with Gasteiger partial charge in [-0.05, 0) is 48.6 Å². The smallest absolute Gasteiger partial charge is 0.353 e. The fourth-order valence-corrected chi connectivity index (χ4v) is 2.93. The van der Waals surface area contributed by atoms with Crippen molar-refractivity contribution >= 4 is 23.2 Å². The number of aromatic nitrogens is 2. The highest BCUT2D eigenvalue weighted by Gasteiger charge is 2.15. The maximum absolute atomic E-state index is 11.6. The first-order chi connectivity index (χ1) is 10.6. The third-order valence-corrected chi connectivity index (χ3v) is 4.07. The Morgan fingerprint density at radius 2 is 1.95 bits per heavy atom. The van der Waals surface area contributed by atoms with Crippen molar-refractivity contribution in [1.82, 2.24) is 9.38 Å². The molecule has 0 aliphatic carbocycles. The third-order valence-electron chi connectivity index (χ3n) is 3.72. The summed E-state index contributed by atoms with van der Waals surface area (Å²) in [5.41, 5.74) is 3.80. The number of nitrogens with zero attached hydrogens (tertiary/aromatic N) is 2. The molecule has 3 aromatic rings. The van der Waals surface area contributed by atoms with Crippen LogP contribution in [0.2, 0.25) is 5.02 Å². The summed E-state index contributed by atoms with van der Waals surface area (Å²) >= 11 is 6.24. The number of imidazole rings is 1. The summed E-state index contributed by atoms with van der Waals surface area (Å²) in [6.45, 7) is 1.99. The van der Waals surface area contributed by atoms with E-state index in [2.05, 4.69) is 4.98 Å². The maximum Gasteiger partial charge on any atom is 0.353 e. The van der Waals surface area contributed by atoms with Gasteiger partial charge in [-0.15, -0.1) is 0 Å². The molecule has 22 heavy (non-hydrogen) atoms. The molecule has 2 aromatic heterocycles. The molecule has 2 heterocycles. The fourth-order valence-electron chi connectivity index (χ4n) is 2.60. The van der Waals surface area contributed by atoms with Crippen molar-refractivity contribution in [2.75, 3.05) is 0 Å². The van der Waals surface area contributed by atoms with E-state index in [0.717, 1.165) is 21.7 Å². The van der Waals surface area contributed by atoms with Gasteiger partial charge in [-0.2, -0.15) is 0 Å². The van der Waals surface area contributed by atoms with Crippen LogP contribution in [0.5, 0.6) is 0 Å². The number of aryl methyl sites for hydroxylation is 3. The van der Waals surface area contributed by atoms with Gasteiger partial charge in [0.25, 0.3) is 0 Å². The van der Waals surface area contributed by atoms with Gasteiger partial charge in [0.05, 0.1) is 0 Å². The van der Waals surface area contributed by atoms with Gasteiger partial charge in [-0.25, -0.2) is 9.78 Å². The summed E-state index contributed by atoms with van der Waals surface area (Å²) in [4.78, 5) is 15.7. The molecule has 0 amide bonds. The van der Waals surface area contributed by atoms with Gasteiger partial charge in [0.2, 0.25) is 0 Å². The predicted molar refractivity (Wildman–Crippen MR) is 85.7 cm³/mol. The van der Waals surface area contributed by atoms with E-state index in [-0.39, 0.29) is 5.69 Å². The van der Waals surface area contributed by atoms with Crippen LogP contribution in [-0.2, 0) is 12.8 Å². The van der Waals surface area contributed by atoms with Gasteiger partial charge >= 0.3 is 5.97 Å². The Balaban J connectivity index is 1.93. The second-order valence-corrected chi connectivity index (χ2v) is 5.67. The SMILES string of the molecule is Cc1ccc(CCc2ccc3nccn3c2C(=O)O)c(Cl)c1. The summed E-state index contributed by atoms with van der Waals surface area (Å²) in [7, 11) is 0. The lowest BCUT2D eigenvalue weighted by atomic mass is 10.0. The molecule has 0 aliphatic rings. The number of hydrogen-bond acceptors (Lipinski definition) is 2. The first-order valence-electron chi connectivity index (χ1n) is 6.99. The van der Waals surface area contributed by atoms with Gasteiger partial charge in [0.1, 0.15) is 11.3 Å². The highest BCUT2D eigenvalue weighted by Crippen LogP contribution is 2.21. The zero-order valence-corrected chi connectivity index (χ0v) is 12.8. The van der Waals surface area contributed by atoms with Gasteiger partial charge in [-0.1, -0.05) is 29.8 Å². The number of benzene rings is 1. The van der Waals surface area contributed by atoms with Crippen molar-refractivity contribution in [1.29, 1.82) is 0 Å². The van der Waals surface area contributed by atoms with Crippen molar-refractivity contribution < 1.29 is 9.90 Å². The number of rotatable bonds is 4. The van der Waals surface area contributed by atoms with Gasteiger partial charge in [0, 0.05) is 17.4 Å². The molecule has 0 aliphatic heterocycles. The first kappa shape index (κ1) is 14.6. The molecule has 4 nitrogen and oxygen atoms in total. The van der Waals surface area contributed by atoms with Crippen LogP contribution in [0.4, 0.5) is 0 Å². The summed E-state index contributed by atoms with van der Waals surface area (Å²) in [6, 6.07) is 9.59. The molecule has 5 heteroatoms. The van der Waals surface area contributed by atoms with E-state index in [4.69, 9.17) is 11.6 Å². The summed E-state index contributed by atoms with van der Waals surface area (Å²) in [6.07, 6.45) is 4.57. The van der Waals surface area contributed by atoms with Crippen molar-refractivity contribution in [3.8, 4) is 0 Å². The molecular weight excluding hydrogens is 300 g/mol. The Labute approximate surface area is 133 Å². The minimum atomic E-state index is -0.950. The number of pyridine rings is 1. The molecule has 0 spiro atoms. The van der Waals surface area contributed by atoms with Crippen LogP contribution in [0.15, 0.2) is 42.7 Å². The van der Waals surface area contributed by atoms with E-state index in [1.54, 1.807) is 16.8 Å². The van der Waals surface area contributed by atoms with E-state index in [9.17, 15) is 9.90 Å². The Morgan fingerprint density at radius 3 is 2.68 bits per heavy atom. The van der Waals surface area contributed by atoms with Crippen molar-refractivity contribution in [3.63, 3.8) is 0 Å². The molecule has 1 aromatic carbocycles. The van der Waals surface area contributed by atoms with Gasteiger partial charge in [-0.3, -0.25) is 4.40 Å². The van der Waals surface area contributed by atoms with Crippen molar-refractivity contribution in [2.24, 2.45) is 0 Å². The number of aromatic carboxylic acids is 1. The lowest BCUT2D eigenvalue weighted by molar-refractivity contribution is 0.0687. The van der Waals surface area contributed by atoms with Crippen LogP contribution < -0.4 is 0 Å². The molecule has 0 fully saturated rings. The Hall–Kier alpha value is -2.33. The molecule has 0 bridgehead atoms. The lowest BCUT2D eigenvalue weighted by Gasteiger charge is -2.10. The van der Waals surface area contributed by atoms with Crippen molar-refractivity contribution in [3.05, 3.63) is 70.1 Å². The highest BCUT2D eigenvalue weighted by molar-refractivity contribution is 6.31. The van der Waals surface area contributed by atoms with Crippen LogP contribution in [0.25, 0.3) is 5.65 Å². The third kappa shape index (κ3) is 2.70. The van der Waals surface area contributed by atoms with E-state index in [1.165, 1.54) is 0 Å². The van der Waals surface area contributed by atoms with Crippen LogP contribution in [0.1, 0.15) is 27.2 Å². The quantitative estimate of drug-likeness (QED) is 0.797. The molecule has 112 valence electrons. The zero-order chi connectivity index (χ0) is 15.7. The molecule has 1 N–H and O–H groups in total. The van der Waals surface area contributed by atoms with Gasteiger partial charge in [0.15, 0.2) is 0 Å². The van der Waals surface area contributed by atoms with E-state index < -0.39 is 5.97 Å². The maximum atomic E-state index is 11.6. The standard InChI is InChI=1S/C17H15ClN2O2/c1-11-2-3-12(14(18)10-11)4-5-13-6-7-15-19-8-9-20(15)16(13)17(21)22/h2-3,6-10H,4-5H2,1H3,(H,21,22). The largest absolute Gasteiger partial charge is 0.477 e. The zero-order valence-electron chi connectivity index (χ0n) is 12.1. The van der Waals surface area contributed by atoms with Crippen LogP contribution in [0, 0.1) is 6.92 Å². The summed E-state index contributed by atoms with van der Waals surface area (Å²) in [5.74, 6) is -0.950. The highest BCUT2D eigenvalue weighted by atomic mass is 35.5. The predicted octanol–water partition coefficient (Wildman–Crippen LogP) is 3.78. The number of carboxylic acids is 1. The molecule has 0 atom stereocenters. The monoisotopic (exact) mass is 314 g/mol.